The molecule has 0 saturated carbocycles. The van der Waals surface area contributed by atoms with Crippen LogP contribution in [0.1, 0.15) is 15.9 Å². The van der Waals surface area contributed by atoms with E-state index >= 15 is 0 Å². The monoisotopic (exact) mass is 342 g/mol. The molecule has 8 heteroatoms. The van der Waals surface area contributed by atoms with Crippen molar-refractivity contribution in [2.75, 3.05) is 13.1 Å². The van der Waals surface area contributed by atoms with Crippen LogP contribution in [0.3, 0.4) is 0 Å². The molecule has 6 nitrogen and oxygen atoms in total. The lowest BCUT2D eigenvalue weighted by atomic mass is 9.93. The molecule has 126 valence electrons. The zero-order valence-corrected chi connectivity index (χ0v) is 12.8. The molecule has 1 amide bonds. The van der Waals surface area contributed by atoms with Gasteiger partial charge in [-0.2, -0.15) is 10.3 Å². The Balaban J connectivity index is 2.25. The van der Waals surface area contributed by atoms with Gasteiger partial charge in [-0.05, 0) is 18.2 Å². The van der Waals surface area contributed by atoms with Crippen molar-refractivity contribution in [2.24, 2.45) is 4.99 Å². The number of guanidine groups is 1. The summed E-state index contributed by atoms with van der Waals surface area (Å²) in [5.41, 5.74) is -0.958. The van der Waals surface area contributed by atoms with Gasteiger partial charge in [0.2, 0.25) is 0 Å². The minimum Gasteiger partial charge on any atom is -0.507 e. The molecule has 3 N–H and O–H groups in total. The van der Waals surface area contributed by atoms with E-state index in [2.05, 4.69) is 15.6 Å². The quantitative estimate of drug-likeness (QED) is 0.774. The SMILES string of the molecule is N#Cc1ccc(O)c(C(=O)N=C2NCCN2)c1-c1cccc(F)c1F. The average molecular weight is 342 g/mol. The second-order valence-corrected chi connectivity index (χ2v) is 5.21. The van der Waals surface area contributed by atoms with E-state index in [-0.39, 0.29) is 28.2 Å². The lowest BCUT2D eigenvalue weighted by Gasteiger charge is -2.12. The smallest absolute Gasteiger partial charge is 0.284 e. The van der Waals surface area contributed by atoms with Crippen LogP contribution in [-0.4, -0.2) is 30.1 Å². The number of rotatable bonds is 2. The number of hydrogen-bond acceptors (Lipinski definition) is 3. The topological polar surface area (TPSA) is 97.5 Å². The van der Waals surface area contributed by atoms with E-state index in [1.165, 1.54) is 18.2 Å². The van der Waals surface area contributed by atoms with Crippen molar-refractivity contribution in [3.05, 3.63) is 53.1 Å². The molecule has 0 aromatic heterocycles. The number of nitrogens with zero attached hydrogens (tertiary/aromatic N) is 2. The molecule has 1 saturated heterocycles. The summed E-state index contributed by atoms with van der Waals surface area (Å²) in [7, 11) is 0. The van der Waals surface area contributed by atoms with Crippen LogP contribution < -0.4 is 10.6 Å². The first-order chi connectivity index (χ1) is 12.0. The fraction of sp³-hybridized carbons (Fsp3) is 0.118. The zero-order valence-electron chi connectivity index (χ0n) is 12.8. The second-order valence-electron chi connectivity index (χ2n) is 5.21. The standard InChI is InChI=1S/C17H12F2N4O2/c18-11-3-1-2-10(15(11)19)13-9(8-20)4-5-12(24)14(13)16(25)23-17-21-6-7-22-17/h1-5,24H,6-7H2,(H2,21,22,23,25). The number of carbonyl (C=O) groups is 1. The summed E-state index contributed by atoms with van der Waals surface area (Å²) in [5, 5.41) is 25.1. The first kappa shape index (κ1) is 16.4. The maximum Gasteiger partial charge on any atom is 0.284 e. The van der Waals surface area contributed by atoms with Gasteiger partial charge in [0, 0.05) is 24.2 Å². The van der Waals surface area contributed by atoms with Crippen molar-refractivity contribution >= 4 is 11.9 Å². The lowest BCUT2D eigenvalue weighted by molar-refractivity contribution is 0.100. The van der Waals surface area contributed by atoms with Crippen molar-refractivity contribution in [3.8, 4) is 22.9 Å². The summed E-state index contributed by atoms with van der Waals surface area (Å²) in [4.78, 5) is 16.3. The Labute approximate surface area is 141 Å². The number of hydrogen-bond donors (Lipinski definition) is 3. The van der Waals surface area contributed by atoms with Crippen LogP contribution in [0.4, 0.5) is 8.78 Å². The fourth-order valence-electron chi connectivity index (χ4n) is 2.54. The normalized spacial score (nSPS) is 12.9. The van der Waals surface area contributed by atoms with Crippen molar-refractivity contribution in [1.82, 2.24) is 10.6 Å². The molecule has 2 aromatic carbocycles. The minimum atomic E-state index is -1.22. The molecule has 0 atom stereocenters. The summed E-state index contributed by atoms with van der Waals surface area (Å²) in [6.07, 6.45) is 0. The van der Waals surface area contributed by atoms with E-state index in [0.717, 1.165) is 12.1 Å². The van der Waals surface area contributed by atoms with Gasteiger partial charge in [0.15, 0.2) is 17.6 Å². The van der Waals surface area contributed by atoms with Gasteiger partial charge in [-0.25, -0.2) is 8.78 Å². The molecule has 0 bridgehead atoms. The Bertz CT molecular complexity index is 927. The Morgan fingerprint density at radius 2 is 1.92 bits per heavy atom. The molecule has 1 fully saturated rings. The third kappa shape index (κ3) is 2.99. The summed E-state index contributed by atoms with van der Waals surface area (Å²) in [6.45, 7) is 1.14. The summed E-state index contributed by atoms with van der Waals surface area (Å²) < 4.78 is 27.9. The van der Waals surface area contributed by atoms with Gasteiger partial charge in [-0.3, -0.25) is 4.79 Å². The molecular weight excluding hydrogens is 330 g/mol. The Morgan fingerprint density at radius 1 is 1.20 bits per heavy atom. The number of aliphatic imine (C=N–C) groups is 1. The van der Waals surface area contributed by atoms with Crippen LogP contribution in [0.15, 0.2) is 35.3 Å². The van der Waals surface area contributed by atoms with Crippen LogP contribution in [0.25, 0.3) is 11.1 Å². The van der Waals surface area contributed by atoms with Gasteiger partial charge < -0.3 is 15.7 Å². The molecule has 1 aliphatic heterocycles. The first-order valence-corrected chi connectivity index (χ1v) is 7.34. The first-order valence-electron chi connectivity index (χ1n) is 7.34. The highest BCUT2D eigenvalue weighted by atomic mass is 19.2. The van der Waals surface area contributed by atoms with E-state index in [4.69, 9.17) is 0 Å². The van der Waals surface area contributed by atoms with Crippen molar-refractivity contribution in [1.29, 1.82) is 5.26 Å². The van der Waals surface area contributed by atoms with E-state index in [1.54, 1.807) is 0 Å². The van der Waals surface area contributed by atoms with Crippen LogP contribution in [0.5, 0.6) is 5.75 Å². The number of amides is 1. The number of nitrogens with one attached hydrogen (secondary N) is 2. The highest BCUT2D eigenvalue weighted by Crippen LogP contribution is 2.36. The van der Waals surface area contributed by atoms with Crippen molar-refractivity contribution in [3.63, 3.8) is 0 Å². The summed E-state index contributed by atoms with van der Waals surface area (Å²) in [5.74, 6) is -3.51. The molecule has 25 heavy (non-hydrogen) atoms. The fourth-order valence-corrected chi connectivity index (χ4v) is 2.54. The van der Waals surface area contributed by atoms with Crippen molar-refractivity contribution < 1.29 is 18.7 Å². The van der Waals surface area contributed by atoms with E-state index in [0.29, 0.717) is 13.1 Å². The number of benzene rings is 2. The number of phenolic OH excluding ortho intramolecular Hbond substituents is 1. The number of carbonyl (C=O) groups excluding carboxylic acids is 1. The molecule has 0 radical (unpaired) electrons. The maximum absolute atomic E-state index is 14.2. The highest BCUT2D eigenvalue weighted by Gasteiger charge is 2.25. The Kier molecular flexibility index (Phi) is 4.31. The lowest BCUT2D eigenvalue weighted by Crippen LogP contribution is -2.25. The molecule has 0 unspecified atom stereocenters. The number of phenols is 1. The highest BCUT2D eigenvalue weighted by molar-refractivity contribution is 6.09. The van der Waals surface area contributed by atoms with Crippen molar-refractivity contribution in [2.45, 2.75) is 0 Å². The molecule has 2 aromatic rings. The molecule has 0 aliphatic carbocycles. The van der Waals surface area contributed by atoms with Gasteiger partial charge in [-0.15, -0.1) is 0 Å². The number of halogens is 2. The number of nitriles is 1. The van der Waals surface area contributed by atoms with Gasteiger partial charge >= 0.3 is 0 Å². The average Bonchev–Trinajstić information content (AvgIpc) is 3.10. The van der Waals surface area contributed by atoms with Crippen LogP contribution in [-0.2, 0) is 0 Å². The maximum atomic E-state index is 14.2. The zero-order chi connectivity index (χ0) is 18.0. The third-order valence-corrected chi connectivity index (χ3v) is 3.66. The predicted octanol–water partition coefficient (Wildman–Crippen LogP) is 1.90. The molecule has 0 spiro atoms. The van der Waals surface area contributed by atoms with Gasteiger partial charge in [0.1, 0.15) is 5.75 Å². The minimum absolute atomic E-state index is 0.0850. The molecule has 1 heterocycles. The Morgan fingerprint density at radius 3 is 2.60 bits per heavy atom. The van der Waals surface area contributed by atoms with Gasteiger partial charge in [0.25, 0.3) is 5.91 Å². The third-order valence-electron chi connectivity index (χ3n) is 3.66. The molecule has 1 aliphatic rings. The van der Waals surface area contributed by atoms with Crippen LogP contribution in [0.2, 0.25) is 0 Å². The van der Waals surface area contributed by atoms with E-state index in [1.807, 2.05) is 6.07 Å². The van der Waals surface area contributed by atoms with E-state index < -0.39 is 23.3 Å². The van der Waals surface area contributed by atoms with Gasteiger partial charge in [-0.1, -0.05) is 12.1 Å². The predicted molar refractivity (Wildman–Crippen MR) is 85.9 cm³/mol. The van der Waals surface area contributed by atoms with Crippen LogP contribution in [0, 0.1) is 23.0 Å². The number of aromatic hydroxyl groups is 1. The van der Waals surface area contributed by atoms with E-state index in [9.17, 15) is 23.9 Å². The molecular formula is C17H12F2N4O2. The van der Waals surface area contributed by atoms with Gasteiger partial charge in [0.05, 0.1) is 17.2 Å². The molecule has 3 rings (SSSR count). The summed E-state index contributed by atoms with van der Waals surface area (Å²) in [6, 6.07) is 7.59. The second kappa shape index (κ2) is 6.57. The van der Waals surface area contributed by atoms with Crippen LogP contribution >= 0.6 is 0 Å². The Hall–Kier alpha value is -3.47. The largest absolute Gasteiger partial charge is 0.507 e. The summed E-state index contributed by atoms with van der Waals surface area (Å²) >= 11 is 0.